The van der Waals surface area contributed by atoms with Gasteiger partial charge in [0.15, 0.2) is 0 Å². The lowest BCUT2D eigenvalue weighted by Gasteiger charge is -2.24. The van der Waals surface area contributed by atoms with Crippen LogP contribution < -0.4 is 11.1 Å². The summed E-state index contributed by atoms with van der Waals surface area (Å²) < 4.78 is 0. The topological polar surface area (TPSA) is 99.2 Å². The van der Waals surface area contributed by atoms with Crippen LogP contribution in [0.25, 0.3) is 0 Å². The normalized spacial score (nSPS) is 16.2. The number of thioether (sulfide) groups is 1. The van der Waals surface area contributed by atoms with E-state index in [0.717, 1.165) is 0 Å². The lowest BCUT2D eigenvalue weighted by Crippen LogP contribution is -2.50. The van der Waals surface area contributed by atoms with Crippen molar-refractivity contribution in [3.8, 4) is 0 Å². The van der Waals surface area contributed by atoms with E-state index in [1.54, 1.807) is 13.8 Å². The summed E-state index contributed by atoms with van der Waals surface area (Å²) in [5.74, 6) is -0.148. The molecule has 16 heavy (non-hydrogen) atoms. The third-order valence-electron chi connectivity index (χ3n) is 2.34. The van der Waals surface area contributed by atoms with Crippen molar-refractivity contribution in [3.05, 3.63) is 0 Å². The van der Waals surface area contributed by atoms with Crippen molar-refractivity contribution in [2.75, 3.05) is 12.3 Å². The Labute approximate surface area is 101 Å². The van der Waals surface area contributed by atoms with Crippen LogP contribution in [0, 0.1) is 5.41 Å². The van der Waals surface area contributed by atoms with Crippen LogP contribution in [0.3, 0.4) is 0 Å². The Morgan fingerprint density at radius 3 is 2.62 bits per heavy atom. The van der Waals surface area contributed by atoms with E-state index in [0.29, 0.717) is 24.6 Å². The van der Waals surface area contributed by atoms with Gasteiger partial charge in [-0.2, -0.15) is 11.8 Å². The predicted molar refractivity (Wildman–Crippen MR) is 68.2 cm³/mol. The summed E-state index contributed by atoms with van der Waals surface area (Å²) in [7, 11) is 0. The average molecular weight is 247 g/mol. The number of hydrogen-bond acceptors (Lipinski definition) is 4. The molecule has 0 saturated heterocycles. The molecule has 0 aromatic heterocycles. The minimum Gasteiger partial charge on any atom is -0.480 e. The molecule has 0 spiro atoms. The summed E-state index contributed by atoms with van der Waals surface area (Å²) in [6.07, 6.45) is 0.416. The molecule has 0 aromatic rings. The molecule has 6 heteroatoms. The monoisotopic (exact) mass is 247 g/mol. The Balaban J connectivity index is 4.02. The zero-order valence-corrected chi connectivity index (χ0v) is 10.9. The van der Waals surface area contributed by atoms with Gasteiger partial charge in [-0.25, -0.2) is 0 Å². The summed E-state index contributed by atoms with van der Waals surface area (Å²) in [5, 5.41) is 19.3. The number of amidine groups is 1. The highest BCUT2D eigenvalue weighted by molar-refractivity contribution is 8.00. The number of nitrogens with two attached hydrogens (primary N) is 1. The third-order valence-corrected chi connectivity index (χ3v) is 3.75. The largest absolute Gasteiger partial charge is 0.480 e. The highest BCUT2D eigenvalue weighted by atomic mass is 32.2. The van der Waals surface area contributed by atoms with Gasteiger partial charge in [0.2, 0.25) is 0 Å². The fourth-order valence-electron chi connectivity index (χ4n) is 0.962. The molecule has 0 fully saturated rings. The van der Waals surface area contributed by atoms with Crippen molar-refractivity contribution in [1.29, 1.82) is 5.41 Å². The molecule has 0 heterocycles. The Morgan fingerprint density at radius 2 is 2.25 bits per heavy atom. The molecular weight excluding hydrogens is 226 g/mol. The smallest absolute Gasteiger partial charge is 0.324 e. The number of carboxylic acid groups (broad SMARTS) is 1. The van der Waals surface area contributed by atoms with E-state index >= 15 is 0 Å². The highest BCUT2D eigenvalue weighted by Gasteiger charge is 2.32. The summed E-state index contributed by atoms with van der Waals surface area (Å²) in [6, 6.07) is 0. The lowest BCUT2D eigenvalue weighted by molar-refractivity contribution is -0.142. The van der Waals surface area contributed by atoms with Gasteiger partial charge in [0, 0.05) is 17.5 Å². The summed E-state index contributed by atoms with van der Waals surface area (Å²) in [5.41, 5.74) is 4.62. The first-order valence-corrected chi connectivity index (χ1v) is 6.29. The fourth-order valence-corrected chi connectivity index (χ4v) is 2.07. The molecule has 5 N–H and O–H groups in total. The quantitative estimate of drug-likeness (QED) is 0.395. The average Bonchev–Trinajstić information content (AvgIpc) is 2.22. The minimum atomic E-state index is -1.14. The molecule has 0 amide bonds. The summed E-state index contributed by atoms with van der Waals surface area (Å²) in [4.78, 5) is 10.9. The first-order valence-electron chi connectivity index (χ1n) is 5.24. The van der Waals surface area contributed by atoms with Gasteiger partial charge in [0.25, 0.3) is 0 Å². The van der Waals surface area contributed by atoms with Crippen molar-refractivity contribution < 1.29 is 9.90 Å². The van der Waals surface area contributed by atoms with Gasteiger partial charge in [-0.3, -0.25) is 10.2 Å². The number of hydrogen-bond donors (Lipinski definition) is 4. The van der Waals surface area contributed by atoms with Gasteiger partial charge in [0.1, 0.15) is 5.54 Å². The van der Waals surface area contributed by atoms with Crippen molar-refractivity contribution in [2.24, 2.45) is 5.73 Å². The second-order valence-electron chi connectivity index (χ2n) is 3.94. The number of carboxylic acids is 1. The second-order valence-corrected chi connectivity index (χ2v) is 5.37. The molecule has 0 rings (SSSR count). The molecule has 5 nitrogen and oxygen atoms in total. The maximum absolute atomic E-state index is 10.9. The maximum Gasteiger partial charge on any atom is 0.324 e. The standard InChI is InChI=1S/C10H21N3O2S/c1-4-10(12,9(14)15)6-16-7(2)5-13-8(3)11/h7H,4-6,12H2,1-3H3,(H2,11,13)(H,14,15)/t7-,10+/m1/s1. The molecule has 0 aliphatic rings. The van der Waals surface area contributed by atoms with Crippen LogP contribution in [0.5, 0.6) is 0 Å². The molecule has 0 aliphatic heterocycles. The summed E-state index contributed by atoms with van der Waals surface area (Å²) in [6.45, 7) is 6.09. The molecule has 0 aromatic carbocycles. The Kier molecular flexibility index (Phi) is 6.43. The molecular formula is C10H21N3O2S. The molecule has 0 saturated carbocycles. The van der Waals surface area contributed by atoms with Gasteiger partial charge < -0.3 is 16.2 Å². The Morgan fingerprint density at radius 1 is 1.69 bits per heavy atom. The van der Waals surface area contributed by atoms with Crippen LogP contribution in [0.1, 0.15) is 27.2 Å². The van der Waals surface area contributed by atoms with Crippen LogP contribution in [0.15, 0.2) is 0 Å². The van der Waals surface area contributed by atoms with E-state index in [2.05, 4.69) is 5.32 Å². The lowest BCUT2D eigenvalue weighted by atomic mass is 10.0. The van der Waals surface area contributed by atoms with Gasteiger partial charge >= 0.3 is 5.97 Å². The van der Waals surface area contributed by atoms with E-state index in [1.807, 2.05) is 6.92 Å². The van der Waals surface area contributed by atoms with Crippen molar-refractivity contribution in [1.82, 2.24) is 5.32 Å². The number of aliphatic carboxylic acids is 1. The minimum absolute atomic E-state index is 0.231. The van der Waals surface area contributed by atoms with Crippen LogP contribution in [0.4, 0.5) is 0 Å². The van der Waals surface area contributed by atoms with Gasteiger partial charge in [0.05, 0.1) is 5.84 Å². The van der Waals surface area contributed by atoms with Crippen molar-refractivity contribution >= 4 is 23.6 Å². The van der Waals surface area contributed by atoms with Crippen molar-refractivity contribution in [3.63, 3.8) is 0 Å². The Bertz CT molecular complexity index is 260. The summed E-state index contributed by atoms with van der Waals surface area (Å²) >= 11 is 1.51. The fraction of sp³-hybridized carbons (Fsp3) is 0.800. The zero-order chi connectivity index (χ0) is 12.8. The first kappa shape index (κ1) is 15.2. The zero-order valence-electron chi connectivity index (χ0n) is 10.0. The van der Waals surface area contributed by atoms with Crippen LogP contribution in [-0.2, 0) is 4.79 Å². The molecule has 0 bridgehead atoms. The van der Waals surface area contributed by atoms with Gasteiger partial charge in [-0.1, -0.05) is 13.8 Å². The molecule has 0 aliphatic carbocycles. The van der Waals surface area contributed by atoms with E-state index in [1.165, 1.54) is 11.8 Å². The molecule has 0 radical (unpaired) electrons. The first-order chi connectivity index (χ1) is 7.31. The maximum atomic E-state index is 10.9. The van der Waals surface area contributed by atoms with Crippen molar-refractivity contribution in [2.45, 2.75) is 38.0 Å². The molecule has 0 unspecified atom stereocenters. The van der Waals surface area contributed by atoms with E-state index < -0.39 is 11.5 Å². The van der Waals surface area contributed by atoms with Gasteiger partial charge in [-0.05, 0) is 13.3 Å². The van der Waals surface area contributed by atoms with E-state index in [4.69, 9.17) is 16.2 Å². The van der Waals surface area contributed by atoms with E-state index in [-0.39, 0.29) is 5.25 Å². The second kappa shape index (κ2) is 6.75. The molecule has 94 valence electrons. The van der Waals surface area contributed by atoms with Crippen LogP contribution in [0.2, 0.25) is 0 Å². The SMILES string of the molecule is CC[C@](N)(CS[C@H](C)CNC(C)=N)C(=O)O. The van der Waals surface area contributed by atoms with Crippen LogP contribution >= 0.6 is 11.8 Å². The number of rotatable bonds is 7. The highest BCUT2D eigenvalue weighted by Crippen LogP contribution is 2.19. The number of nitrogens with one attached hydrogen (secondary N) is 2. The predicted octanol–water partition coefficient (Wildman–Crippen LogP) is 0.887. The van der Waals surface area contributed by atoms with E-state index in [9.17, 15) is 4.79 Å². The molecule has 2 atom stereocenters. The third kappa shape index (κ3) is 5.37. The number of carbonyl (C=O) groups is 1. The van der Waals surface area contributed by atoms with Crippen LogP contribution in [-0.4, -0.2) is 40.0 Å². The Hall–Kier alpha value is -0.750. The van der Waals surface area contributed by atoms with Gasteiger partial charge in [-0.15, -0.1) is 0 Å².